The van der Waals surface area contributed by atoms with Crippen LogP contribution in [0.2, 0.25) is 10.0 Å². The Morgan fingerprint density at radius 2 is 1.00 bits per heavy atom. The standard InChI is InChI=1S/2C18H23ClF2N2O4S/c2*1-18(21)5-3-12(4-6-18)11-27-16-10-15(20)13(9-14(16)19)17(24)22-28(25,26)23-7-2-8-23/h2*9-10,12H,2-8,11H2,1H3,(H,22,24). The maximum atomic E-state index is 14.4. The second-order valence-corrected chi connectivity index (χ2v) is 19.4. The quantitative estimate of drug-likeness (QED) is 0.219. The van der Waals surface area contributed by atoms with Gasteiger partial charge in [-0.05, 0) is 102 Å². The van der Waals surface area contributed by atoms with Gasteiger partial charge < -0.3 is 9.47 Å². The maximum Gasteiger partial charge on any atom is 0.304 e. The molecule has 2 N–H and O–H groups in total. The molecule has 0 unspecified atom stereocenters. The van der Waals surface area contributed by atoms with Crippen LogP contribution in [0.5, 0.6) is 11.5 Å². The van der Waals surface area contributed by atoms with Crippen LogP contribution in [0, 0.1) is 23.5 Å². The summed E-state index contributed by atoms with van der Waals surface area (Å²) in [5.41, 5.74) is -3.25. The first-order valence-electron chi connectivity index (χ1n) is 18.4. The van der Waals surface area contributed by atoms with E-state index in [0.717, 1.165) is 32.9 Å². The molecule has 6 rings (SSSR count). The maximum absolute atomic E-state index is 14.4. The predicted molar refractivity (Wildman–Crippen MR) is 202 cm³/mol. The Morgan fingerprint density at radius 3 is 1.29 bits per heavy atom. The lowest BCUT2D eigenvalue weighted by atomic mass is 9.81. The van der Waals surface area contributed by atoms with Crippen molar-refractivity contribution in [2.45, 2.75) is 89.4 Å². The highest BCUT2D eigenvalue weighted by atomic mass is 35.5. The number of alkyl halides is 2. The highest BCUT2D eigenvalue weighted by Gasteiger charge is 2.34. The van der Waals surface area contributed by atoms with E-state index in [1.165, 1.54) is 0 Å². The lowest BCUT2D eigenvalue weighted by Gasteiger charge is -2.31. The summed E-state index contributed by atoms with van der Waals surface area (Å²) in [4.78, 5) is 24.3. The molecule has 12 nitrogen and oxygen atoms in total. The Kier molecular flexibility index (Phi) is 14.2. The van der Waals surface area contributed by atoms with Crippen LogP contribution in [0.25, 0.3) is 0 Å². The largest absolute Gasteiger partial charge is 0.492 e. The molecule has 0 spiro atoms. The zero-order chi connectivity index (χ0) is 41.1. The molecule has 0 radical (unpaired) electrons. The third kappa shape index (κ3) is 11.6. The molecule has 0 atom stereocenters. The van der Waals surface area contributed by atoms with Crippen LogP contribution in [0.15, 0.2) is 24.3 Å². The molecule has 4 aliphatic rings. The number of hydrogen-bond donors (Lipinski definition) is 2. The lowest BCUT2D eigenvalue weighted by molar-refractivity contribution is 0.0842. The summed E-state index contributed by atoms with van der Waals surface area (Å²) in [6, 6.07) is 4.03. The first-order chi connectivity index (χ1) is 26.1. The van der Waals surface area contributed by atoms with E-state index in [2.05, 4.69) is 0 Å². The van der Waals surface area contributed by atoms with Crippen LogP contribution in [0.3, 0.4) is 0 Å². The van der Waals surface area contributed by atoms with E-state index in [1.807, 2.05) is 9.44 Å². The van der Waals surface area contributed by atoms with Crippen LogP contribution in [-0.4, -0.2) is 88.0 Å². The van der Waals surface area contributed by atoms with Gasteiger partial charge in [0.05, 0.1) is 34.4 Å². The fraction of sp³-hybridized carbons (Fsp3) is 0.611. The summed E-state index contributed by atoms with van der Waals surface area (Å²) < 4.78 is 121. The number of amides is 2. The summed E-state index contributed by atoms with van der Waals surface area (Å²) in [5.74, 6) is -3.63. The van der Waals surface area contributed by atoms with Crippen molar-refractivity contribution in [2.24, 2.45) is 11.8 Å². The number of ether oxygens (including phenoxy) is 2. The Bertz CT molecular complexity index is 1840. The number of nitrogens with one attached hydrogen (secondary N) is 2. The summed E-state index contributed by atoms with van der Waals surface area (Å²) >= 11 is 12.2. The number of rotatable bonds is 12. The summed E-state index contributed by atoms with van der Waals surface area (Å²) in [7, 11) is -7.97. The highest BCUT2D eigenvalue weighted by molar-refractivity contribution is 7.88. The number of hydrogen-bond acceptors (Lipinski definition) is 8. The number of halogens is 6. The third-order valence-electron chi connectivity index (χ3n) is 10.5. The minimum atomic E-state index is -3.98. The van der Waals surface area contributed by atoms with E-state index in [0.29, 0.717) is 90.4 Å². The molecule has 20 heteroatoms. The highest BCUT2D eigenvalue weighted by Crippen LogP contribution is 2.37. The molecule has 312 valence electrons. The van der Waals surface area contributed by atoms with Crippen molar-refractivity contribution in [3.8, 4) is 11.5 Å². The van der Waals surface area contributed by atoms with Crippen molar-refractivity contribution < 1.29 is 53.5 Å². The Balaban J connectivity index is 0.000000214. The molecule has 2 heterocycles. The number of nitrogens with zero attached hydrogens (tertiary/aromatic N) is 2. The van der Waals surface area contributed by atoms with Gasteiger partial charge in [0.2, 0.25) is 0 Å². The fourth-order valence-corrected chi connectivity index (χ4v) is 9.32. The third-order valence-corrected chi connectivity index (χ3v) is 14.1. The minimum Gasteiger partial charge on any atom is -0.492 e. The van der Waals surface area contributed by atoms with Gasteiger partial charge >= 0.3 is 20.4 Å². The first-order valence-corrected chi connectivity index (χ1v) is 22.0. The van der Waals surface area contributed by atoms with Gasteiger partial charge in [0, 0.05) is 38.3 Å². The predicted octanol–water partition coefficient (Wildman–Crippen LogP) is 6.91. The molecule has 0 aromatic heterocycles. The van der Waals surface area contributed by atoms with Crippen LogP contribution >= 0.6 is 23.2 Å². The minimum absolute atomic E-state index is 0.000891. The van der Waals surface area contributed by atoms with Crippen molar-refractivity contribution in [2.75, 3.05) is 39.4 Å². The molecule has 2 amide bonds. The van der Waals surface area contributed by atoms with Gasteiger partial charge in [0.1, 0.15) is 34.5 Å². The topological polar surface area (TPSA) is 151 Å². The average Bonchev–Trinajstić information content (AvgIpc) is 3.03. The van der Waals surface area contributed by atoms with Gasteiger partial charge in [-0.15, -0.1) is 0 Å². The van der Waals surface area contributed by atoms with Crippen molar-refractivity contribution in [1.29, 1.82) is 0 Å². The van der Waals surface area contributed by atoms with Gasteiger partial charge in [-0.3, -0.25) is 9.59 Å². The molecule has 4 fully saturated rings. The zero-order valence-corrected chi connectivity index (χ0v) is 34.2. The van der Waals surface area contributed by atoms with Gasteiger partial charge in [0.25, 0.3) is 11.8 Å². The summed E-state index contributed by atoms with van der Waals surface area (Å²) in [6.45, 7) is 4.99. The van der Waals surface area contributed by atoms with Crippen LogP contribution < -0.4 is 18.9 Å². The summed E-state index contributed by atoms with van der Waals surface area (Å²) in [5, 5.41) is -0.00178. The van der Waals surface area contributed by atoms with E-state index in [1.54, 1.807) is 13.8 Å². The van der Waals surface area contributed by atoms with Crippen molar-refractivity contribution in [1.82, 2.24) is 18.1 Å². The number of carbonyl (C=O) groups is 2. The molecule has 56 heavy (non-hydrogen) atoms. The number of benzene rings is 2. The molecular formula is C36H46Cl2F4N4O8S2. The van der Waals surface area contributed by atoms with Crippen molar-refractivity contribution in [3.05, 3.63) is 57.1 Å². The molecule has 0 bridgehead atoms. The van der Waals surface area contributed by atoms with E-state index in [-0.39, 0.29) is 46.6 Å². The molecule has 2 saturated heterocycles. The van der Waals surface area contributed by atoms with Crippen LogP contribution in [0.1, 0.15) is 98.8 Å². The normalized spacial score (nSPS) is 25.8. The molecule has 2 aliphatic carbocycles. The Labute approximate surface area is 334 Å². The van der Waals surface area contributed by atoms with Gasteiger partial charge in [-0.25, -0.2) is 27.0 Å². The average molecular weight is 874 g/mol. The van der Waals surface area contributed by atoms with E-state index < -0.39 is 66.3 Å². The van der Waals surface area contributed by atoms with Crippen LogP contribution in [-0.2, 0) is 20.4 Å². The van der Waals surface area contributed by atoms with E-state index in [9.17, 15) is 44.0 Å². The van der Waals surface area contributed by atoms with Gasteiger partial charge in [-0.2, -0.15) is 25.4 Å². The Hall–Kier alpha value is -2.90. The first kappa shape index (κ1) is 44.2. The molecule has 2 aromatic carbocycles. The Morgan fingerprint density at radius 1 is 0.679 bits per heavy atom. The second-order valence-electron chi connectivity index (χ2n) is 15.2. The fourth-order valence-electron chi connectivity index (χ4n) is 6.46. The van der Waals surface area contributed by atoms with E-state index >= 15 is 0 Å². The summed E-state index contributed by atoms with van der Waals surface area (Å²) in [6.07, 6.45) is 5.91. The monoisotopic (exact) mass is 872 g/mol. The van der Waals surface area contributed by atoms with E-state index in [4.69, 9.17) is 32.7 Å². The van der Waals surface area contributed by atoms with Crippen LogP contribution in [0.4, 0.5) is 17.6 Å². The number of carbonyl (C=O) groups excluding carboxylic acids is 2. The SMILES string of the molecule is CC1(F)CCC(COc2cc(F)c(C(=O)NS(=O)(=O)N3CCC3)cc2Cl)CC1.CC1(F)CCC(COc2cc(F)c(C(=O)NS(=O)(=O)N3CCC3)cc2Cl)CC1. The smallest absolute Gasteiger partial charge is 0.304 e. The lowest BCUT2D eigenvalue weighted by Crippen LogP contribution is -2.49. The second kappa shape index (κ2) is 17.9. The van der Waals surface area contributed by atoms with Crippen molar-refractivity contribution >= 4 is 55.4 Å². The molecule has 2 aliphatic heterocycles. The molecular weight excluding hydrogens is 827 g/mol. The van der Waals surface area contributed by atoms with Gasteiger partial charge in [0.15, 0.2) is 0 Å². The zero-order valence-electron chi connectivity index (χ0n) is 31.0. The van der Waals surface area contributed by atoms with Gasteiger partial charge in [-0.1, -0.05) is 23.2 Å². The van der Waals surface area contributed by atoms with Crippen molar-refractivity contribution in [3.63, 3.8) is 0 Å². The molecule has 2 aromatic rings. The molecule has 2 saturated carbocycles.